The zero-order valence-electron chi connectivity index (χ0n) is 13.9. The molecule has 0 radical (unpaired) electrons. The second-order valence-electron chi connectivity index (χ2n) is 7.19. The SMILES string of the molecule is C[C@H]1CCCN([C@@H](C(=O)NC2CCCC2)c2ccc(Cl)cc2)C1. The molecular formula is C19H27ClN2O. The van der Waals surface area contributed by atoms with E-state index in [1.165, 1.54) is 25.7 Å². The maximum absolute atomic E-state index is 13.0. The van der Waals surface area contributed by atoms with Gasteiger partial charge in [0.2, 0.25) is 5.91 Å². The van der Waals surface area contributed by atoms with Crippen LogP contribution in [0.25, 0.3) is 0 Å². The lowest BCUT2D eigenvalue weighted by molar-refractivity contribution is -0.128. The molecule has 1 aliphatic heterocycles. The van der Waals surface area contributed by atoms with Crippen LogP contribution < -0.4 is 5.32 Å². The molecular weight excluding hydrogens is 308 g/mol. The van der Waals surface area contributed by atoms with E-state index in [9.17, 15) is 4.79 Å². The molecule has 1 heterocycles. The van der Waals surface area contributed by atoms with E-state index < -0.39 is 0 Å². The van der Waals surface area contributed by atoms with Crippen molar-refractivity contribution in [3.8, 4) is 0 Å². The fraction of sp³-hybridized carbons (Fsp3) is 0.632. The Kier molecular flexibility index (Phi) is 5.60. The predicted octanol–water partition coefficient (Wildman–Crippen LogP) is 4.17. The van der Waals surface area contributed by atoms with E-state index >= 15 is 0 Å². The number of halogens is 1. The van der Waals surface area contributed by atoms with Gasteiger partial charge < -0.3 is 5.32 Å². The summed E-state index contributed by atoms with van der Waals surface area (Å²) >= 11 is 6.03. The van der Waals surface area contributed by atoms with E-state index in [1.54, 1.807) is 0 Å². The lowest BCUT2D eigenvalue weighted by atomic mass is 9.95. The number of hydrogen-bond donors (Lipinski definition) is 1. The van der Waals surface area contributed by atoms with Crippen molar-refractivity contribution in [3.05, 3.63) is 34.9 Å². The van der Waals surface area contributed by atoms with Gasteiger partial charge in [-0.05, 0) is 55.8 Å². The lowest BCUT2D eigenvalue weighted by Crippen LogP contribution is -2.46. The third-order valence-electron chi connectivity index (χ3n) is 5.19. The Balaban J connectivity index is 1.79. The van der Waals surface area contributed by atoms with E-state index in [4.69, 9.17) is 11.6 Å². The van der Waals surface area contributed by atoms with Gasteiger partial charge in [0.05, 0.1) is 0 Å². The van der Waals surface area contributed by atoms with Gasteiger partial charge in [-0.1, -0.05) is 43.5 Å². The number of carbonyl (C=O) groups excluding carboxylic acids is 1. The zero-order chi connectivity index (χ0) is 16.2. The Morgan fingerprint density at radius 2 is 1.87 bits per heavy atom. The summed E-state index contributed by atoms with van der Waals surface area (Å²) in [6.45, 7) is 4.26. The van der Waals surface area contributed by atoms with Crippen LogP contribution in [0, 0.1) is 5.92 Å². The first-order valence-corrected chi connectivity index (χ1v) is 9.31. The van der Waals surface area contributed by atoms with Gasteiger partial charge in [0.1, 0.15) is 6.04 Å². The van der Waals surface area contributed by atoms with E-state index in [0.29, 0.717) is 12.0 Å². The standard InChI is InChI=1S/C19H27ClN2O/c1-14-5-4-12-22(13-14)18(15-8-10-16(20)11-9-15)19(23)21-17-6-2-3-7-17/h8-11,14,17-18H,2-7,12-13H2,1H3,(H,21,23)/t14-,18+/m0/s1. The number of benzene rings is 1. The summed E-state index contributed by atoms with van der Waals surface area (Å²) in [6.07, 6.45) is 7.13. The monoisotopic (exact) mass is 334 g/mol. The summed E-state index contributed by atoms with van der Waals surface area (Å²) in [7, 11) is 0. The third-order valence-corrected chi connectivity index (χ3v) is 5.44. The highest BCUT2D eigenvalue weighted by molar-refractivity contribution is 6.30. The maximum Gasteiger partial charge on any atom is 0.242 e. The van der Waals surface area contributed by atoms with Crippen LogP contribution in [0.3, 0.4) is 0 Å². The Labute approximate surface area is 144 Å². The average Bonchev–Trinajstić information content (AvgIpc) is 3.02. The predicted molar refractivity (Wildman–Crippen MR) is 94.6 cm³/mol. The number of nitrogens with zero attached hydrogens (tertiary/aromatic N) is 1. The molecule has 1 aromatic carbocycles. The quantitative estimate of drug-likeness (QED) is 0.896. The van der Waals surface area contributed by atoms with Gasteiger partial charge in [-0.2, -0.15) is 0 Å². The first kappa shape index (κ1) is 16.8. The fourth-order valence-electron chi connectivity index (χ4n) is 3.98. The highest BCUT2D eigenvalue weighted by atomic mass is 35.5. The molecule has 0 spiro atoms. The molecule has 1 saturated heterocycles. The number of carbonyl (C=O) groups is 1. The van der Waals surface area contributed by atoms with Crippen molar-refractivity contribution in [2.75, 3.05) is 13.1 Å². The third kappa shape index (κ3) is 4.27. The normalized spacial score (nSPS) is 24.5. The van der Waals surface area contributed by atoms with Crippen LogP contribution in [-0.2, 0) is 4.79 Å². The molecule has 1 aliphatic carbocycles. The van der Waals surface area contributed by atoms with E-state index in [0.717, 1.165) is 36.5 Å². The van der Waals surface area contributed by atoms with Gasteiger partial charge >= 0.3 is 0 Å². The topological polar surface area (TPSA) is 32.3 Å². The minimum atomic E-state index is -0.185. The fourth-order valence-corrected chi connectivity index (χ4v) is 4.11. The van der Waals surface area contributed by atoms with Crippen LogP contribution in [0.15, 0.2) is 24.3 Å². The molecule has 0 bridgehead atoms. The van der Waals surface area contributed by atoms with Gasteiger partial charge in [0, 0.05) is 17.6 Å². The van der Waals surface area contributed by atoms with Crippen molar-refractivity contribution < 1.29 is 4.79 Å². The highest BCUT2D eigenvalue weighted by Gasteiger charge is 2.32. The summed E-state index contributed by atoms with van der Waals surface area (Å²) in [5.41, 5.74) is 1.05. The molecule has 1 aromatic rings. The first-order valence-electron chi connectivity index (χ1n) is 8.93. The summed E-state index contributed by atoms with van der Waals surface area (Å²) < 4.78 is 0. The summed E-state index contributed by atoms with van der Waals surface area (Å²) in [6, 6.07) is 7.96. The van der Waals surface area contributed by atoms with Gasteiger partial charge in [-0.15, -0.1) is 0 Å². The largest absolute Gasteiger partial charge is 0.352 e. The maximum atomic E-state index is 13.0. The summed E-state index contributed by atoms with van der Waals surface area (Å²) in [5, 5.41) is 4.01. The molecule has 1 N–H and O–H groups in total. The van der Waals surface area contributed by atoms with E-state index in [1.807, 2.05) is 24.3 Å². The number of hydrogen-bond acceptors (Lipinski definition) is 2. The molecule has 4 heteroatoms. The first-order chi connectivity index (χ1) is 11.1. The molecule has 1 amide bonds. The van der Waals surface area contributed by atoms with Crippen LogP contribution in [0.2, 0.25) is 5.02 Å². The number of likely N-dealkylation sites (tertiary alicyclic amines) is 1. The van der Waals surface area contributed by atoms with Crippen molar-refractivity contribution in [1.29, 1.82) is 0 Å². The number of rotatable bonds is 4. The van der Waals surface area contributed by atoms with Crippen LogP contribution in [0.5, 0.6) is 0 Å². The minimum absolute atomic E-state index is 0.160. The Morgan fingerprint density at radius 3 is 2.52 bits per heavy atom. The number of nitrogens with one attached hydrogen (secondary N) is 1. The molecule has 126 valence electrons. The Bertz CT molecular complexity index is 525. The second kappa shape index (κ2) is 7.67. The minimum Gasteiger partial charge on any atom is -0.352 e. The highest BCUT2D eigenvalue weighted by Crippen LogP contribution is 2.29. The number of amides is 1. The van der Waals surface area contributed by atoms with Crippen LogP contribution in [0.4, 0.5) is 0 Å². The van der Waals surface area contributed by atoms with Crippen LogP contribution in [-0.4, -0.2) is 29.9 Å². The molecule has 2 atom stereocenters. The lowest BCUT2D eigenvalue weighted by Gasteiger charge is -2.37. The van der Waals surface area contributed by atoms with Crippen LogP contribution in [0.1, 0.15) is 57.1 Å². The van der Waals surface area contributed by atoms with E-state index in [-0.39, 0.29) is 11.9 Å². The van der Waals surface area contributed by atoms with Gasteiger partial charge in [0.25, 0.3) is 0 Å². The molecule has 2 aliphatic rings. The van der Waals surface area contributed by atoms with Crippen molar-refractivity contribution in [3.63, 3.8) is 0 Å². The van der Waals surface area contributed by atoms with Crippen molar-refractivity contribution in [1.82, 2.24) is 10.2 Å². The second-order valence-corrected chi connectivity index (χ2v) is 7.62. The van der Waals surface area contributed by atoms with Crippen molar-refractivity contribution in [2.45, 2.75) is 57.5 Å². The zero-order valence-corrected chi connectivity index (χ0v) is 14.7. The Morgan fingerprint density at radius 1 is 1.17 bits per heavy atom. The molecule has 1 saturated carbocycles. The molecule has 0 aromatic heterocycles. The number of piperidine rings is 1. The van der Waals surface area contributed by atoms with Crippen molar-refractivity contribution >= 4 is 17.5 Å². The van der Waals surface area contributed by atoms with E-state index in [2.05, 4.69) is 17.1 Å². The summed E-state index contributed by atoms with van der Waals surface area (Å²) in [5.74, 6) is 0.811. The van der Waals surface area contributed by atoms with Gasteiger partial charge in [0.15, 0.2) is 0 Å². The Hall–Kier alpha value is -1.06. The molecule has 3 rings (SSSR count). The smallest absolute Gasteiger partial charge is 0.242 e. The molecule has 2 fully saturated rings. The molecule has 0 unspecified atom stereocenters. The van der Waals surface area contributed by atoms with Crippen LogP contribution >= 0.6 is 11.6 Å². The molecule has 23 heavy (non-hydrogen) atoms. The average molecular weight is 335 g/mol. The summed E-state index contributed by atoms with van der Waals surface area (Å²) in [4.78, 5) is 15.4. The molecule has 3 nitrogen and oxygen atoms in total. The van der Waals surface area contributed by atoms with Gasteiger partial charge in [-0.25, -0.2) is 0 Å². The van der Waals surface area contributed by atoms with Gasteiger partial charge in [-0.3, -0.25) is 9.69 Å². The van der Waals surface area contributed by atoms with Crippen molar-refractivity contribution in [2.24, 2.45) is 5.92 Å².